The Morgan fingerprint density at radius 2 is 1.75 bits per heavy atom. The minimum atomic E-state index is -0.447. The van der Waals surface area contributed by atoms with Crippen LogP contribution >= 0.6 is 11.8 Å². The summed E-state index contributed by atoms with van der Waals surface area (Å²) < 4.78 is 1.73. The number of hydrogen-bond acceptors (Lipinski definition) is 5. The zero-order valence-corrected chi connectivity index (χ0v) is 16.6. The number of anilines is 1. The van der Waals surface area contributed by atoms with E-state index in [1.807, 2.05) is 39.0 Å². The molecule has 1 aromatic heterocycles. The molecule has 0 saturated heterocycles. The first-order valence-electron chi connectivity index (χ1n) is 8.64. The second-order valence-corrected chi connectivity index (χ2v) is 7.57. The Morgan fingerprint density at radius 3 is 2.36 bits per heavy atom. The monoisotopic (exact) mass is 396 g/mol. The second-order valence-electron chi connectivity index (χ2n) is 6.52. The van der Waals surface area contributed by atoms with Crippen molar-refractivity contribution in [3.63, 3.8) is 0 Å². The van der Waals surface area contributed by atoms with Crippen LogP contribution in [0.4, 0.5) is 11.5 Å². The van der Waals surface area contributed by atoms with Crippen LogP contribution in [0.15, 0.2) is 53.4 Å². The molecule has 1 N–H and O–H groups in total. The smallest absolute Gasteiger partial charge is 0.269 e. The number of nitro benzene ring substituents is 1. The van der Waals surface area contributed by atoms with Crippen molar-refractivity contribution in [3.05, 3.63) is 75.5 Å². The second kappa shape index (κ2) is 8.26. The van der Waals surface area contributed by atoms with E-state index in [-0.39, 0.29) is 17.3 Å². The van der Waals surface area contributed by atoms with E-state index in [1.54, 1.807) is 16.8 Å². The van der Waals surface area contributed by atoms with E-state index < -0.39 is 4.92 Å². The summed E-state index contributed by atoms with van der Waals surface area (Å²) in [5, 5.41) is 18.1. The van der Waals surface area contributed by atoms with Crippen LogP contribution in [0.2, 0.25) is 0 Å². The Labute approximate surface area is 166 Å². The van der Waals surface area contributed by atoms with Gasteiger partial charge in [-0.3, -0.25) is 14.9 Å². The van der Waals surface area contributed by atoms with Crippen molar-refractivity contribution in [3.8, 4) is 5.69 Å². The number of benzene rings is 2. The molecule has 0 fully saturated rings. The number of nitro groups is 1. The summed E-state index contributed by atoms with van der Waals surface area (Å²) in [6, 6.07) is 14.1. The fourth-order valence-electron chi connectivity index (χ4n) is 2.85. The maximum atomic E-state index is 12.4. The van der Waals surface area contributed by atoms with Crippen LogP contribution < -0.4 is 5.32 Å². The van der Waals surface area contributed by atoms with Gasteiger partial charge in [0, 0.05) is 23.1 Å². The number of aryl methyl sites for hydroxylation is 3. The fourth-order valence-corrected chi connectivity index (χ4v) is 3.55. The highest BCUT2D eigenvalue weighted by molar-refractivity contribution is 8.00. The van der Waals surface area contributed by atoms with Gasteiger partial charge in [-0.25, -0.2) is 4.68 Å². The Bertz CT molecular complexity index is 1010. The summed E-state index contributed by atoms with van der Waals surface area (Å²) >= 11 is 1.32. The number of carbonyl (C=O) groups excluding carboxylic acids is 1. The number of carbonyl (C=O) groups is 1. The molecule has 0 aliphatic heterocycles. The molecule has 0 radical (unpaired) electrons. The minimum Gasteiger partial charge on any atom is -0.310 e. The zero-order chi connectivity index (χ0) is 20.3. The molecule has 3 aromatic rings. The summed E-state index contributed by atoms with van der Waals surface area (Å²) in [4.78, 5) is 23.5. The van der Waals surface area contributed by atoms with E-state index in [1.165, 1.54) is 23.9 Å². The van der Waals surface area contributed by atoms with Crippen LogP contribution in [-0.2, 0) is 4.79 Å². The van der Waals surface area contributed by atoms with Gasteiger partial charge in [0.25, 0.3) is 5.69 Å². The van der Waals surface area contributed by atoms with Crippen molar-refractivity contribution in [1.82, 2.24) is 9.78 Å². The molecule has 0 unspecified atom stereocenters. The normalized spacial score (nSPS) is 10.7. The Kier molecular flexibility index (Phi) is 5.79. The van der Waals surface area contributed by atoms with Crippen molar-refractivity contribution in [1.29, 1.82) is 0 Å². The molecule has 1 heterocycles. The third-order valence-electron chi connectivity index (χ3n) is 3.97. The molecule has 2 aromatic carbocycles. The molecule has 0 aliphatic rings. The number of thioether (sulfide) groups is 1. The lowest BCUT2D eigenvalue weighted by Crippen LogP contribution is -2.17. The lowest BCUT2D eigenvalue weighted by molar-refractivity contribution is -0.384. The highest BCUT2D eigenvalue weighted by atomic mass is 32.2. The Balaban J connectivity index is 1.70. The standard InChI is InChI=1S/C20H20N4O3S/c1-13-8-14(2)10-17(9-13)23-19(11-15(3)22-23)21-20(25)12-28-18-6-4-16(5-7-18)24(26)27/h4-11H,12H2,1-3H3,(H,21,25). The molecule has 1 amide bonds. The number of non-ortho nitro benzene ring substituents is 1. The maximum Gasteiger partial charge on any atom is 0.269 e. The molecular formula is C20H20N4O3S. The molecule has 8 heteroatoms. The van der Waals surface area contributed by atoms with Gasteiger partial charge in [-0.15, -0.1) is 11.8 Å². The van der Waals surface area contributed by atoms with Crippen LogP contribution in [0.3, 0.4) is 0 Å². The molecule has 0 saturated carbocycles. The predicted octanol–water partition coefficient (Wildman–Crippen LogP) is 4.44. The SMILES string of the molecule is Cc1cc(C)cc(-n2nc(C)cc2NC(=O)CSc2ccc([N+](=O)[O-])cc2)c1. The van der Waals surface area contributed by atoms with Gasteiger partial charge in [0.2, 0.25) is 5.91 Å². The van der Waals surface area contributed by atoms with Gasteiger partial charge in [0.05, 0.1) is 22.1 Å². The van der Waals surface area contributed by atoms with Gasteiger partial charge >= 0.3 is 0 Å². The average Bonchev–Trinajstić information content (AvgIpc) is 2.99. The number of aromatic nitrogens is 2. The lowest BCUT2D eigenvalue weighted by atomic mass is 10.1. The van der Waals surface area contributed by atoms with Crippen molar-refractivity contribution in [2.45, 2.75) is 25.7 Å². The van der Waals surface area contributed by atoms with Crippen LogP contribution in [-0.4, -0.2) is 26.4 Å². The summed E-state index contributed by atoms with van der Waals surface area (Å²) in [7, 11) is 0. The lowest BCUT2D eigenvalue weighted by Gasteiger charge is -2.10. The maximum absolute atomic E-state index is 12.4. The number of rotatable bonds is 6. The molecule has 0 spiro atoms. The largest absolute Gasteiger partial charge is 0.310 e. The summed E-state index contributed by atoms with van der Waals surface area (Å²) in [5.41, 5.74) is 3.96. The number of hydrogen-bond donors (Lipinski definition) is 1. The molecule has 0 atom stereocenters. The van der Waals surface area contributed by atoms with E-state index >= 15 is 0 Å². The number of nitrogens with one attached hydrogen (secondary N) is 1. The van der Waals surface area contributed by atoms with Crippen molar-refractivity contribution in [2.75, 3.05) is 11.1 Å². The van der Waals surface area contributed by atoms with Crippen LogP contribution in [0.5, 0.6) is 0 Å². The molecule has 0 aliphatic carbocycles. The van der Waals surface area contributed by atoms with Gasteiger partial charge in [0.15, 0.2) is 0 Å². The number of nitrogens with zero attached hydrogens (tertiary/aromatic N) is 3. The first-order valence-corrected chi connectivity index (χ1v) is 9.63. The zero-order valence-electron chi connectivity index (χ0n) is 15.8. The van der Waals surface area contributed by atoms with Crippen molar-refractivity contribution in [2.24, 2.45) is 0 Å². The molecule has 0 bridgehead atoms. The van der Waals surface area contributed by atoms with Gasteiger partial charge in [0.1, 0.15) is 5.82 Å². The van der Waals surface area contributed by atoms with E-state index in [4.69, 9.17) is 0 Å². The Morgan fingerprint density at radius 1 is 1.11 bits per heavy atom. The van der Waals surface area contributed by atoms with E-state index in [2.05, 4.69) is 16.5 Å². The summed E-state index contributed by atoms with van der Waals surface area (Å²) in [6.07, 6.45) is 0. The highest BCUT2D eigenvalue weighted by Crippen LogP contribution is 2.23. The van der Waals surface area contributed by atoms with Gasteiger partial charge in [-0.05, 0) is 56.2 Å². The predicted molar refractivity (Wildman–Crippen MR) is 110 cm³/mol. The fraction of sp³-hybridized carbons (Fsp3) is 0.200. The average molecular weight is 396 g/mol. The van der Waals surface area contributed by atoms with Gasteiger partial charge in [-0.1, -0.05) is 6.07 Å². The summed E-state index contributed by atoms with van der Waals surface area (Å²) in [6.45, 7) is 5.92. The molecule has 28 heavy (non-hydrogen) atoms. The first kappa shape index (κ1) is 19.6. The van der Waals surface area contributed by atoms with Crippen LogP contribution in [0, 0.1) is 30.9 Å². The first-order chi connectivity index (χ1) is 13.3. The Hall–Kier alpha value is -3.13. The van der Waals surface area contributed by atoms with Gasteiger partial charge < -0.3 is 5.32 Å². The quantitative estimate of drug-likeness (QED) is 0.378. The molecular weight excluding hydrogens is 376 g/mol. The third kappa shape index (κ3) is 4.77. The highest BCUT2D eigenvalue weighted by Gasteiger charge is 2.12. The van der Waals surface area contributed by atoms with Crippen LogP contribution in [0.1, 0.15) is 16.8 Å². The third-order valence-corrected chi connectivity index (χ3v) is 4.98. The molecule has 7 nitrogen and oxygen atoms in total. The van der Waals surface area contributed by atoms with Crippen LogP contribution in [0.25, 0.3) is 5.69 Å². The minimum absolute atomic E-state index is 0.0293. The molecule has 3 rings (SSSR count). The van der Waals surface area contributed by atoms with E-state index in [0.717, 1.165) is 27.4 Å². The topological polar surface area (TPSA) is 90.1 Å². The number of amides is 1. The molecule has 144 valence electrons. The summed E-state index contributed by atoms with van der Waals surface area (Å²) in [5.74, 6) is 0.625. The van der Waals surface area contributed by atoms with Crippen molar-refractivity contribution >= 4 is 29.2 Å². The van der Waals surface area contributed by atoms with Gasteiger partial charge in [-0.2, -0.15) is 5.10 Å². The van der Waals surface area contributed by atoms with E-state index in [0.29, 0.717) is 5.82 Å². The van der Waals surface area contributed by atoms with E-state index in [9.17, 15) is 14.9 Å². The van der Waals surface area contributed by atoms with Crippen molar-refractivity contribution < 1.29 is 9.72 Å².